The lowest BCUT2D eigenvalue weighted by Gasteiger charge is -1.99. The molecule has 0 bridgehead atoms. The molecule has 0 saturated heterocycles. The molecule has 0 aliphatic heterocycles. The Balaban J connectivity index is 0.000000202. The average molecular weight is 647 g/mol. The van der Waals surface area contributed by atoms with Crippen LogP contribution in [0.3, 0.4) is 0 Å². The highest BCUT2D eigenvalue weighted by Gasteiger charge is 2.12. The number of aromatic nitrogens is 2. The number of carbonyl (C=O) groups is 2. The highest BCUT2D eigenvalue weighted by atomic mass is 79.9. The molecule has 0 fully saturated rings. The number of ether oxygens (including phenoxy) is 3. The van der Waals surface area contributed by atoms with Gasteiger partial charge in [-0.05, 0) is 36.4 Å². The third-order valence-corrected chi connectivity index (χ3v) is 4.30. The van der Waals surface area contributed by atoms with Gasteiger partial charge in [-0.1, -0.05) is 12.1 Å². The minimum absolute atomic E-state index is 0.147. The Hall–Kier alpha value is -2.44. The lowest BCUT2D eigenvalue weighted by Crippen LogP contribution is -2.00. The molecule has 0 aliphatic rings. The summed E-state index contributed by atoms with van der Waals surface area (Å²) >= 11 is 9.31. The fourth-order valence-corrected chi connectivity index (χ4v) is 2.88. The first-order valence-corrected chi connectivity index (χ1v) is 12.0. The van der Waals surface area contributed by atoms with Gasteiger partial charge in [0.25, 0.3) is 0 Å². The summed E-state index contributed by atoms with van der Waals surface area (Å²) in [5, 5.41) is 11.0. The number of phenols is 1. The van der Waals surface area contributed by atoms with Crippen molar-refractivity contribution in [3.05, 3.63) is 59.9 Å². The summed E-state index contributed by atoms with van der Waals surface area (Å²) in [6.07, 6.45) is 0. The van der Waals surface area contributed by atoms with Crippen LogP contribution in [0.4, 0.5) is 0 Å². The van der Waals surface area contributed by atoms with Gasteiger partial charge in [-0.25, -0.2) is 9.59 Å². The number of rotatable bonds is 3. The normalized spacial score (nSPS) is 9.88. The molecule has 0 aliphatic carbocycles. The van der Waals surface area contributed by atoms with Gasteiger partial charge in [0, 0.05) is 21.8 Å². The predicted octanol–water partition coefficient (Wildman–Crippen LogP) is 5.78. The van der Waals surface area contributed by atoms with E-state index in [1.165, 1.54) is 14.2 Å². The molecule has 0 amide bonds. The number of aromatic amines is 2. The molecule has 2 aromatic heterocycles. The van der Waals surface area contributed by atoms with Crippen LogP contribution in [0.15, 0.2) is 48.5 Å². The molecule has 0 atom stereocenters. The number of fused-ring (bicyclic) bond motifs is 2. The molecule has 33 heavy (non-hydrogen) atoms. The topological polar surface area (TPSA) is 114 Å². The summed E-state index contributed by atoms with van der Waals surface area (Å²) in [6.45, 7) is 0. The Kier molecular flexibility index (Phi) is 10.3. The second-order valence-electron chi connectivity index (χ2n) is 6.26. The van der Waals surface area contributed by atoms with Crippen molar-refractivity contribution < 1.29 is 28.9 Å². The number of hydrogen-bond donors (Lipinski definition) is 3. The van der Waals surface area contributed by atoms with Crippen LogP contribution in [0, 0.1) is 0 Å². The molecule has 174 valence electrons. The summed E-state index contributed by atoms with van der Waals surface area (Å²) < 4.78 is 14.6. The molecule has 0 unspecified atom stereocenters. The first-order valence-electron chi connectivity index (χ1n) is 9.27. The van der Waals surface area contributed by atoms with Crippen LogP contribution in [-0.2, 0) is 9.47 Å². The molecule has 0 spiro atoms. The number of halogens is 3. The number of hydrogen-bond acceptors (Lipinski definition) is 6. The summed E-state index contributed by atoms with van der Waals surface area (Å²) in [5.41, 5.74) is 2.33. The second kappa shape index (κ2) is 12.7. The molecular weight excluding hydrogens is 627 g/mol. The van der Waals surface area contributed by atoms with Crippen LogP contribution < -0.4 is 4.74 Å². The van der Waals surface area contributed by atoms with Crippen LogP contribution in [0.25, 0.3) is 21.8 Å². The fraction of sp³-hybridized carbons (Fsp3) is 0.143. The van der Waals surface area contributed by atoms with Crippen LogP contribution in [0.1, 0.15) is 21.0 Å². The van der Waals surface area contributed by atoms with Crippen LogP contribution in [-0.4, -0.2) is 51.5 Å². The number of methoxy groups -OCH3 is 3. The van der Waals surface area contributed by atoms with E-state index in [1.54, 1.807) is 37.4 Å². The minimum atomic E-state index is -0.444. The summed E-state index contributed by atoms with van der Waals surface area (Å²) in [5.74, 6) is 0.0571. The molecule has 2 aromatic carbocycles. The first-order chi connectivity index (χ1) is 15.7. The molecule has 4 rings (SSSR count). The quantitative estimate of drug-likeness (QED) is 0.192. The Morgan fingerprint density at radius 2 is 1.27 bits per heavy atom. The van der Waals surface area contributed by atoms with Crippen molar-refractivity contribution in [3.63, 3.8) is 0 Å². The zero-order valence-electron chi connectivity index (χ0n) is 17.8. The molecule has 12 heteroatoms. The highest BCUT2D eigenvalue weighted by Crippen LogP contribution is 2.26. The van der Waals surface area contributed by atoms with E-state index in [2.05, 4.69) is 66.7 Å². The Morgan fingerprint density at radius 3 is 1.73 bits per heavy atom. The number of H-pyrrole nitrogens is 2. The van der Waals surface area contributed by atoms with E-state index in [9.17, 15) is 14.7 Å². The summed E-state index contributed by atoms with van der Waals surface area (Å²) in [4.78, 5) is 28.3. The third-order valence-electron chi connectivity index (χ3n) is 4.30. The van der Waals surface area contributed by atoms with Crippen molar-refractivity contribution in [1.82, 2.24) is 9.97 Å². The van der Waals surface area contributed by atoms with Crippen molar-refractivity contribution in [2.45, 2.75) is 0 Å². The van der Waals surface area contributed by atoms with Gasteiger partial charge in [0.1, 0.15) is 22.9 Å². The maximum Gasteiger partial charge on any atom is 0.369 e. The lowest BCUT2D eigenvalue weighted by atomic mass is 10.2. The number of esters is 2. The molecule has 0 radical (unpaired) electrons. The lowest BCUT2D eigenvalue weighted by molar-refractivity contribution is 0.0586. The van der Waals surface area contributed by atoms with Crippen LogP contribution in [0.5, 0.6) is 11.5 Å². The third kappa shape index (κ3) is 7.28. The molecule has 8 nitrogen and oxygen atoms in total. The van der Waals surface area contributed by atoms with E-state index in [-0.39, 0.29) is 14.9 Å². The zero-order valence-corrected chi connectivity index (χ0v) is 22.6. The molecule has 0 saturated carbocycles. The largest absolute Gasteiger partial charge is 0.507 e. The van der Waals surface area contributed by atoms with Gasteiger partial charge in [-0.3, -0.25) is 0 Å². The number of carbonyl (C=O) groups excluding carboxylic acids is 2. The van der Waals surface area contributed by atoms with Gasteiger partial charge in [-0.2, -0.15) is 0 Å². The monoisotopic (exact) mass is 644 g/mol. The van der Waals surface area contributed by atoms with Gasteiger partial charge in [0.2, 0.25) is 0 Å². The van der Waals surface area contributed by atoms with Gasteiger partial charge < -0.3 is 29.3 Å². The zero-order chi connectivity index (χ0) is 24.5. The number of aromatic hydroxyl groups is 1. The SMILES string of the molecule is BrB(Br)Br.COC(=O)c1cc2c(O)cccc2[nH]1.COC(=O)c1cc2c(OC)cccc2[nH]1. The fourth-order valence-electron chi connectivity index (χ4n) is 2.88. The van der Waals surface area contributed by atoms with Crippen molar-refractivity contribution in [3.8, 4) is 11.5 Å². The number of nitrogens with one attached hydrogen (secondary N) is 2. The maximum atomic E-state index is 11.3. The Labute approximate surface area is 215 Å². The van der Waals surface area contributed by atoms with E-state index < -0.39 is 5.97 Å². The van der Waals surface area contributed by atoms with Crippen molar-refractivity contribution in [1.29, 1.82) is 0 Å². The van der Waals surface area contributed by atoms with Gasteiger partial charge in [0.05, 0.1) is 21.3 Å². The van der Waals surface area contributed by atoms with E-state index in [1.807, 2.05) is 18.2 Å². The van der Waals surface area contributed by atoms with E-state index >= 15 is 0 Å². The Morgan fingerprint density at radius 1 is 0.818 bits per heavy atom. The molecule has 2 heterocycles. The van der Waals surface area contributed by atoms with Gasteiger partial charge >= 0.3 is 15.1 Å². The minimum Gasteiger partial charge on any atom is -0.507 e. The molecule has 4 aromatic rings. The summed E-state index contributed by atoms with van der Waals surface area (Å²) in [7, 11) is 4.26. The number of benzene rings is 2. The van der Waals surface area contributed by atoms with E-state index in [4.69, 9.17) is 4.74 Å². The standard InChI is InChI=1S/C11H11NO3.C10H9NO3.BBr3/c1-14-10-5-3-4-8-7(10)6-9(12-8)11(13)15-2;1-14-10(13)8-5-6-7(11-8)3-2-4-9(6)12;2-1(3)4/h3-6,12H,1-2H3;2-5,11-12H,1H3;. The summed E-state index contributed by atoms with van der Waals surface area (Å²) in [6, 6.07) is 13.9. The average Bonchev–Trinajstić information content (AvgIpc) is 3.43. The van der Waals surface area contributed by atoms with Crippen molar-refractivity contribution in [2.75, 3.05) is 21.3 Å². The van der Waals surface area contributed by atoms with E-state index in [0.29, 0.717) is 22.3 Å². The molecule has 3 N–H and O–H groups in total. The van der Waals surface area contributed by atoms with Crippen molar-refractivity contribution in [2.24, 2.45) is 0 Å². The van der Waals surface area contributed by atoms with Crippen LogP contribution >= 0.6 is 47.3 Å². The van der Waals surface area contributed by atoms with E-state index in [0.717, 1.165) is 16.7 Å². The van der Waals surface area contributed by atoms with Crippen molar-refractivity contribution >= 4 is 84.2 Å². The molecular formula is C21H20BBr3N2O6. The first kappa shape index (κ1) is 26.8. The predicted molar refractivity (Wildman–Crippen MR) is 140 cm³/mol. The van der Waals surface area contributed by atoms with Crippen LogP contribution in [0.2, 0.25) is 0 Å². The second-order valence-corrected chi connectivity index (χ2v) is 12.7. The smallest absolute Gasteiger partial charge is 0.369 e. The van der Waals surface area contributed by atoms with Gasteiger partial charge in [0.15, 0.2) is 0 Å². The van der Waals surface area contributed by atoms with Gasteiger partial charge in [-0.15, -0.1) is 47.3 Å². The number of phenolic OH excluding ortho intramolecular Hbond substituents is 1. The Bertz CT molecular complexity index is 1240. The maximum absolute atomic E-state index is 11.3. The highest BCUT2D eigenvalue weighted by molar-refractivity contribution is 9.69.